The third-order valence-corrected chi connectivity index (χ3v) is 2.58. The van der Waals surface area contributed by atoms with Crippen molar-refractivity contribution in [3.05, 3.63) is 23.8 Å². The van der Waals surface area contributed by atoms with E-state index in [4.69, 9.17) is 5.73 Å². The van der Waals surface area contributed by atoms with Gasteiger partial charge in [-0.3, -0.25) is 4.79 Å². The monoisotopic (exact) mass is 235 g/mol. The number of nitrogens with one attached hydrogen (secondary N) is 2. The normalized spacial score (nSPS) is 10.4. The first-order chi connectivity index (χ1) is 8.04. The number of carbonyl (C=O) groups is 1. The Morgan fingerprint density at radius 1 is 1.41 bits per heavy atom. The number of benzene rings is 1. The lowest BCUT2D eigenvalue weighted by Gasteiger charge is -2.12. The van der Waals surface area contributed by atoms with Crippen molar-refractivity contribution in [1.82, 2.24) is 5.32 Å². The number of carbonyl (C=O) groups excluding carboxylic acids is 1. The second-order valence-electron chi connectivity index (χ2n) is 4.49. The van der Waals surface area contributed by atoms with E-state index < -0.39 is 0 Å². The Morgan fingerprint density at radius 3 is 2.71 bits per heavy atom. The zero-order chi connectivity index (χ0) is 12.8. The molecule has 0 unspecified atom stereocenters. The second kappa shape index (κ2) is 6.13. The van der Waals surface area contributed by atoms with Gasteiger partial charge < -0.3 is 16.4 Å². The molecule has 0 aliphatic rings. The van der Waals surface area contributed by atoms with Crippen LogP contribution in [0.1, 0.15) is 30.6 Å². The number of nitrogen functional groups attached to an aromatic ring is 1. The fraction of sp³-hybridized carbons (Fsp3) is 0.462. The fourth-order valence-corrected chi connectivity index (χ4v) is 1.49. The van der Waals surface area contributed by atoms with Crippen LogP contribution in [0.15, 0.2) is 18.2 Å². The second-order valence-corrected chi connectivity index (χ2v) is 4.49. The largest absolute Gasteiger partial charge is 0.397 e. The van der Waals surface area contributed by atoms with E-state index in [1.807, 2.05) is 0 Å². The SMILES string of the molecule is CNC(=O)c1ccc(N)c(NCCC(C)C)c1. The number of amides is 1. The molecular weight excluding hydrogens is 214 g/mol. The average molecular weight is 235 g/mol. The molecule has 0 spiro atoms. The Hall–Kier alpha value is -1.71. The Morgan fingerprint density at radius 2 is 2.12 bits per heavy atom. The average Bonchev–Trinajstić information content (AvgIpc) is 2.30. The number of hydrogen-bond acceptors (Lipinski definition) is 3. The fourth-order valence-electron chi connectivity index (χ4n) is 1.49. The number of anilines is 2. The summed E-state index contributed by atoms with van der Waals surface area (Å²) in [4.78, 5) is 11.5. The molecule has 1 aromatic rings. The van der Waals surface area contributed by atoms with Crippen molar-refractivity contribution < 1.29 is 4.79 Å². The molecule has 0 heterocycles. The van der Waals surface area contributed by atoms with E-state index in [9.17, 15) is 4.79 Å². The van der Waals surface area contributed by atoms with Crippen LogP contribution < -0.4 is 16.4 Å². The molecule has 0 aliphatic carbocycles. The zero-order valence-electron chi connectivity index (χ0n) is 10.7. The van der Waals surface area contributed by atoms with Gasteiger partial charge in [-0.25, -0.2) is 0 Å². The predicted octanol–water partition coefficient (Wildman–Crippen LogP) is 2.09. The van der Waals surface area contributed by atoms with Crippen molar-refractivity contribution in [2.75, 3.05) is 24.6 Å². The highest BCUT2D eigenvalue weighted by molar-refractivity contribution is 5.96. The molecule has 94 valence electrons. The van der Waals surface area contributed by atoms with Crippen LogP contribution in [0.3, 0.4) is 0 Å². The van der Waals surface area contributed by atoms with Crippen LogP contribution >= 0.6 is 0 Å². The molecule has 1 aromatic carbocycles. The van der Waals surface area contributed by atoms with E-state index >= 15 is 0 Å². The Labute approximate surface area is 103 Å². The molecule has 0 radical (unpaired) electrons. The summed E-state index contributed by atoms with van der Waals surface area (Å²) in [5.41, 5.74) is 7.97. The van der Waals surface area contributed by atoms with Crippen LogP contribution in [-0.4, -0.2) is 19.5 Å². The quantitative estimate of drug-likeness (QED) is 0.684. The van der Waals surface area contributed by atoms with Crippen LogP contribution in [-0.2, 0) is 0 Å². The van der Waals surface area contributed by atoms with Gasteiger partial charge in [-0.05, 0) is 30.5 Å². The minimum atomic E-state index is -0.100. The molecule has 0 fully saturated rings. The third kappa shape index (κ3) is 3.98. The highest BCUT2D eigenvalue weighted by Crippen LogP contribution is 2.20. The lowest BCUT2D eigenvalue weighted by Crippen LogP contribution is -2.18. The molecule has 0 aliphatic heterocycles. The standard InChI is InChI=1S/C13H21N3O/c1-9(2)6-7-16-12-8-10(13(17)15-3)4-5-11(12)14/h4-5,8-9,16H,6-7,14H2,1-3H3,(H,15,17). The molecule has 0 saturated carbocycles. The Kier molecular flexibility index (Phi) is 4.82. The summed E-state index contributed by atoms with van der Waals surface area (Å²) in [5.74, 6) is 0.544. The van der Waals surface area contributed by atoms with Crippen LogP contribution in [0.5, 0.6) is 0 Å². The van der Waals surface area contributed by atoms with Gasteiger partial charge in [-0.2, -0.15) is 0 Å². The summed E-state index contributed by atoms with van der Waals surface area (Å²) in [6.07, 6.45) is 1.07. The van der Waals surface area contributed by atoms with Crippen molar-refractivity contribution in [2.24, 2.45) is 5.92 Å². The first-order valence-corrected chi connectivity index (χ1v) is 5.90. The van der Waals surface area contributed by atoms with E-state index in [-0.39, 0.29) is 5.91 Å². The Balaban J connectivity index is 2.73. The maximum atomic E-state index is 11.5. The smallest absolute Gasteiger partial charge is 0.251 e. The van der Waals surface area contributed by atoms with Gasteiger partial charge in [0, 0.05) is 19.2 Å². The van der Waals surface area contributed by atoms with Crippen molar-refractivity contribution in [2.45, 2.75) is 20.3 Å². The molecule has 4 heteroatoms. The highest BCUT2D eigenvalue weighted by Gasteiger charge is 2.06. The molecule has 0 bridgehead atoms. The van der Waals surface area contributed by atoms with E-state index in [1.54, 1.807) is 25.2 Å². The molecule has 0 aromatic heterocycles. The van der Waals surface area contributed by atoms with Crippen molar-refractivity contribution in [3.63, 3.8) is 0 Å². The van der Waals surface area contributed by atoms with Crippen LogP contribution in [0, 0.1) is 5.92 Å². The minimum Gasteiger partial charge on any atom is -0.397 e. The van der Waals surface area contributed by atoms with Crippen molar-refractivity contribution in [3.8, 4) is 0 Å². The summed E-state index contributed by atoms with van der Waals surface area (Å²) < 4.78 is 0. The van der Waals surface area contributed by atoms with Crippen molar-refractivity contribution in [1.29, 1.82) is 0 Å². The van der Waals surface area contributed by atoms with E-state index in [1.165, 1.54) is 0 Å². The lowest BCUT2D eigenvalue weighted by molar-refractivity contribution is 0.0963. The molecule has 0 saturated heterocycles. The Bertz CT molecular complexity index is 388. The molecule has 1 rings (SSSR count). The topological polar surface area (TPSA) is 67.2 Å². The zero-order valence-corrected chi connectivity index (χ0v) is 10.7. The predicted molar refractivity (Wildman–Crippen MR) is 72.2 cm³/mol. The first-order valence-electron chi connectivity index (χ1n) is 5.90. The molecule has 17 heavy (non-hydrogen) atoms. The minimum absolute atomic E-state index is 0.100. The summed E-state index contributed by atoms with van der Waals surface area (Å²) in [6, 6.07) is 5.26. The number of hydrogen-bond donors (Lipinski definition) is 3. The van der Waals surface area contributed by atoms with E-state index in [0.717, 1.165) is 18.7 Å². The van der Waals surface area contributed by atoms with E-state index in [0.29, 0.717) is 17.2 Å². The van der Waals surface area contributed by atoms with Gasteiger partial charge in [0.05, 0.1) is 11.4 Å². The highest BCUT2D eigenvalue weighted by atomic mass is 16.1. The molecule has 1 amide bonds. The third-order valence-electron chi connectivity index (χ3n) is 2.58. The van der Waals surface area contributed by atoms with Gasteiger partial charge in [-0.15, -0.1) is 0 Å². The van der Waals surface area contributed by atoms with Gasteiger partial charge in [0.1, 0.15) is 0 Å². The molecule has 4 N–H and O–H groups in total. The maximum absolute atomic E-state index is 11.5. The summed E-state index contributed by atoms with van der Waals surface area (Å²) in [5, 5.41) is 5.85. The number of rotatable bonds is 5. The summed E-state index contributed by atoms with van der Waals surface area (Å²) >= 11 is 0. The maximum Gasteiger partial charge on any atom is 0.251 e. The molecule has 4 nitrogen and oxygen atoms in total. The van der Waals surface area contributed by atoms with Crippen LogP contribution in [0.4, 0.5) is 11.4 Å². The van der Waals surface area contributed by atoms with Crippen LogP contribution in [0.25, 0.3) is 0 Å². The van der Waals surface area contributed by atoms with Gasteiger partial charge in [0.15, 0.2) is 0 Å². The van der Waals surface area contributed by atoms with Gasteiger partial charge >= 0.3 is 0 Å². The van der Waals surface area contributed by atoms with E-state index in [2.05, 4.69) is 24.5 Å². The van der Waals surface area contributed by atoms with Crippen LogP contribution in [0.2, 0.25) is 0 Å². The summed E-state index contributed by atoms with van der Waals surface area (Å²) in [6.45, 7) is 5.21. The lowest BCUT2D eigenvalue weighted by atomic mass is 10.1. The number of nitrogens with two attached hydrogens (primary N) is 1. The van der Waals surface area contributed by atoms with Crippen molar-refractivity contribution >= 4 is 17.3 Å². The molecule has 0 atom stereocenters. The summed E-state index contributed by atoms with van der Waals surface area (Å²) in [7, 11) is 1.62. The molecular formula is C13H21N3O. The van der Waals surface area contributed by atoms with Gasteiger partial charge in [-0.1, -0.05) is 13.8 Å². The first kappa shape index (κ1) is 13.4. The van der Waals surface area contributed by atoms with Gasteiger partial charge in [0.25, 0.3) is 5.91 Å². The van der Waals surface area contributed by atoms with Gasteiger partial charge in [0.2, 0.25) is 0 Å².